The van der Waals surface area contributed by atoms with Crippen molar-refractivity contribution in [2.24, 2.45) is 0 Å². The monoisotopic (exact) mass is 501 g/mol. The Kier molecular flexibility index (Phi) is 8.34. The summed E-state index contributed by atoms with van der Waals surface area (Å²) in [7, 11) is 0. The van der Waals surface area contributed by atoms with E-state index in [0.29, 0.717) is 23.7 Å². The molecule has 0 saturated carbocycles. The van der Waals surface area contributed by atoms with Gasteiger partial charge in [0.1, 0.15) is 0 Å². The van der Waals surface area contributed by atoms with Crippen molar-refractivity contribution in [1.82, 2.24) is 4.98 Å². The first kappa shape index (κ1) is 24.7. The van der Waals surface area contributed by atoms with E-state index in [1.807, 2.05) is 98.8 Å². The minimum atomic E-state index is -0.283. The van der Waals surface area contributed by atoms with Gasteiger partial charge in [0.2, 0.25) is 11.8 Å². The summed E-state index contributed by atoms with van der Waals surface area (Å²) < 4.78 is 0. The van der Waals surface area contributed by atoms with Crippen LogP contribution in [0.3, 0.4) is 0 Å². The molecular weight excluding hydrogens is 474 g/mol. The van der Waals surface area contributed by atoms with Gasteiger partial charge in [0, 0.05) is 21.0 Å². The fourth-order valence-electron chi connectivity index (χ4n) is 3.62. The predicted octanol–water partition coefficient (Wildman–Crippen LogP) is 6.81. The molecule has 2 amide bonds. The molecule has 0 aliphatic heterocycles. The van der Waals surface area contributed by atoms with E-state index in [1.165, 1.54) is 23.1 Å². The van der Waals surface area contributed by atoms with Gasteiger partial charge in [0.05, 0.1) is 17.4 Å². The lowest BCUT2D eigenvalue weighted by atomic mass is 10.1. The van der Waals surface area contributed by atoms with Crippen LogP contribution in [0.1, 0.15) is 23.8 Å². The van der Waals surface area contributed by atoms with Crippen LogP contribution in [0.5, 0.6) is 0 Å². The molecule has 1 aromatic heterocycles. The number of nitrogens with one attached hydrogen (secondary N) is 2. The van der Waals surface area contributed by atoms with Crippen LogP contribution in [0.2, 0.25) is 0 Å². The standard InChI is InChI=1S/C28H27N3O2S2/c1-3-24(27(33)31-28-30-26(19(2)34-28)21-13-8-5-9-14-21)35-23-16-10-15-22(18-23)29-25(32)17-20-11-6-4-7-12-20/h4-16,18,24H,3,17H2,1-2H3,(H,29,32)(H,30,31,33). The second kappa shape index (κ2) is 11.8. The normalized spacial score (nSPS) is 11.6. The number of carbonyl (C=O) groups is 2. The highest BCUT2D eigenvalue weighted by Crippen LogP contribution is 2.32. The number of aryl methyl sites for hydroxylation is 1. The fourth-order valence-corrected chi connectivity index (χ4v) is 5.47. The molecule has 35 heavy (non-hydrogen) atoms. The highest BCUT2D eigenvalue weighted by molar-refractivity contribution is 8.00. The summed E-state index contributed by atoms with van der Waals surface area (Å²) in [5.41, 5.74) is 3.61. The Morgan fingerprint density at radius 1 is 0.943 bits per heavy atom. The molecule has 0 aliphatic carbocycles. The van der Waals surface area contributed by atoms with Crippen LogP contribution in [-0.2, 0) is 16.0 Å². The Labute approximate surface area is 214 Å². The highest BCUT2D eigenvalue weighted by Gasteiger charge is 2.20. The van der Waals surface area contributed by atoms with Crippen LogP contribution in [0, 0.1) is 6.92 Å². The van der Waals surface area contributed by atoms with Crippen LogP contribution < -0.4 is 10.6 Å². The molecule has 4 rings (SSSR count). The lowest BCUT2D eigenvalue weighted by molar-refractivity contribution is -0.116. The van der Waals surface area contributed by atoms with E-state index in [-0.39, 0.29) is 17.1 Å². The van der Waals surface area contributed by atoms with Crippen molar-refractivity contribution in [3.63, 3.8) is 0 Å². The third-order valence-corrected chi connectivity index (χ3v) is 7.59. The van der Waals surface area contributed by atoms with Gasteiger partial charge in [-0.1, -0.05) is 73.7 Å². The molecule has 5 nitrogen and oxygen atoms in total. The maximum absolute atomic E-state index is 13.0. The number of nitrogens with zero attached hydrogens (tertiary/aromatic N) is 1. The van der Waals surface area contributed by atoms with Gasteiger partial charge in [-0.15, -0.1) is 23.1 Å². The van der Waals surface area contributed by atoms with Gasteiger partial charge in [-0.25, -0.2) is 4.98 Å². The van der Waals surface area contributed by atoms with Crippen LogP contribution >= 0.6 is 23.1 Å². The summed E-state index contributed by atoms with van der Waals surface area (Å²) in [6.45, 7) is 4.00. The van der Waals surface area contributed by atoms with Gasteiger partial charge in [0.15, 0.2) is 5.13 Å². The summed E-state index contributed by atoms with van der Waals surface area (Å²) in [6.07, 6.45) is 0.980. The van der Waals surface area contributed by atoms with Crippen LogP contribution in [0.25, 0.3) is 11.3 Å². The molecule has 4 aromatic rings. The largest absolute Gasteiger partial charge is 0.326 e. The number of thioether (sulfide) groups is 1. The van der Waals surface area contributed by atoms with Gasteiger partial charge in [0.25, 0.3) is 0 Å². The Morgan fingerprint density at radius 2 is 1.66 bits per heavy atom. The topological polar surface area (TPSA) is 71.1 Å². The Morgan fingerprint density at radius 3 is 2.37 bits per heavy atom. The number of aromatic nitrogens is 1. The molecule has 0 spiro atoms. The van der Waals surface area contributed by atoms with Gasteiger partial charge >= 0.3 is 0 Å². The van der Waals surface area contributed by atoms with Crippen molar-refractivity contribution in [3.05, 3.63) is 95.4 Å². The number of amides is 2. The average molecular weight is 502 g/mol. The number of benzene rings is 3. The summed E-state index contributed by atoms with van der Waals surface area (Å²) in [4.78, 5) is 32.1. The molecule has 0 saturated heterocycles. The molecule has 7 heteroatoms. The fraction of sp³-hybridized carbons (Fsp3) is 0.179. The first-order chi connectivity index (χ1) is 17.0. The Balaban J connectivity index is 1.38. The van der Waals surface area contributed by atoms with Crippen molar-refractivity contribution >= 4 is 45.7 Å². The first-order valence-corrected chi connectivity index (χ1v) is 13.2. The van der Waals surface area contributed by atoms with Crippen LogP contribution in [0.4, 0.5) is 10.8 Å². The smallest absolute Gasteiger partial charge is 0.239 e. The molecule has 1 unspecified atom stereocenters. The van der Waals surface area contributed by atoms with Crippen molar-refractivity contribution < 1.29 is 9.59 Å². The molecule has 1 atom stereocenters. The van der Waals surface area contributed by atoms with Crippen molar-refractivity contribution in [3.8, 4) is 11.3 Å². The zero-order valence-electron chi connectivity index (χ0n) is 19.7. The molecule has 0 bridgehead atoms. The maximum atomic E-state index is 13.0. The van der Waals surface area contributed by atoms with E-state index in [4.69, 9.17) is 0 Å². The zero-order chi connectivity index (χ0) is 24.6. The minimum absolute atomic E-state index is 0.0727. The first-order valence-electron chi connectivity index (χ1n) is 11.5. The summed E-state index contributed by atoms with van der Waals surface area (Å²) in [6, 6.07) is 27.2. The lowest BCUT2D eigenvalue weighted by Crippen LogP contribution is -2.24. The highest BCUT2D eigenvalue weighted by atomic mass is 32.2. The second-order valence-electron chi connectivity index (χ2n) is 8.03. The molecule has 0 aliphatic rings. The zero-order valence-corrected chi connectivity index (χ0v) is 21.3. The second-order valence-corrected chi connectivity index (χ2v) is 10.5. The summed E-state index contributed by atoms with van der Waals surface area (Å²) in [5.74, 6) is -0.152. The number of anilines is 2. The maximum Gasteiger partial charge on any atom is 0.239 e. The third-order valence-electron chi connectivity index (χ3n) is 5.34. The van der Waals surface area contributed by atoms with Gasteiger partial charge in [-0.2, -0.15) is 0 Å². The summed E-state index contributed by atoms with van der Waals surface area (Å²) in [5, 5.41) is 6.27. The number of rotatable bonds is 9. The van der Waals surface area contributed by atoms with Gasteiger partial charge in [-0.05, 0) is 37.1 Å². The number of hydrogen-bond donors (Lipinski definition) is 2. The van der Waals surface area contributed by atoms with Crippen molar-refractivity contribution in [2.45, 2.75) is 36.8 Å². The van der Waals surface area contributed by atoms with E-state index in [0.717, 1.165) is 26.6 Å². The SMILES string of the molecule is CCC(Sc1cccc(NC(=O)Cc2ccccc2)c1)C(=O)Nc1nc(-c2ccccc2)c(C)s1. The number of hydrogen-bond acceptors (Lipinski definition) is 5. The molecule has 0 radical (unpaired) electrons. The van der Waals surface area contributed by atoms with E-state index < -0.39 is 0 Å². The molecule has 1 heterocycles. The third kappa shape index (κ3) is 6.81. The van der Waals surface area contributed by atoms with Gasteiger partial charge in [-0.3, -0.25) is 9.59 Å². The van der Waals surface area contributed by atoms with Crippen molar-refractivity contribution in [2.75, 3.05) is 10.6 Å². The molecule has 178 valence electrons. The molecule has 3 aromatic carbocycles. The summed E-state index contributed by atoms with van der Waals surface area (Å²) >= 11 is 2.96. The van der Waals surface area contributed by atoms with E-state index in [1.54, 1.807) is 0 Å². The van der Waals surface area contributed by atoms with E-state index >= 15 is 0 Å². The number of carbonyl (C=O) groups excluding carboxylic acids is 2. The molecular formula is C28H27N3O2S2. The van der Waals surface area contributed by atoms with Crippen LogP contribution in [0.15, 0.2) is 89.8 Å². The van der Waals surface area contributed by atoms with Crippen LogP contribution in [-0.4, -0.2) is 22.0 Å². The average Bonchev–Trinajstić information content (AvgIpc) is 3.23. The van der Waals surface area contributed by atoms with E-state index in [2.05, 4.69) is 15.6 Å². The Bertz CT molecular complexity index is 1290. The van der Waals surface area contributed by atoms with Crippen molar-refractivity contribution in [1.29, 1.82) is 0 Å². The van der Waals surface area contributed by atoms with Gasteiger partial charge < -0.3 is 10.6 Å². The quantitative estimate of drug-likeness (QED) is 0.247. The minimum Gasteiger partial charge on any atom is -0.326 e. The predicted molar refractivity (Wildman–Crippen MR) is 146 cm³/mol. The lowest BCUT2D eigenvalue weighted by Gasteiger charge is -2.14. The Hall–Kier alpha value is -3.42. The molecule has 2 N–H and O–H groups in total. The number of thiazole rings is 1. The molecule has 0 fully saturated rings. The van der Waals surface area contributed by atoms with E-state index in [9.17, 15) is 9.59 Å².